The predicted molar refractivity (Wildman–Crippen MR) is 101 cm³/mol. The molecule has 1 aliphatic carbocycles. The summed E-state index contributed by atoms with van der Waals surface area (Å²) in [5, 5.41) is 25.1. The van der Waals surface area contributed by atoms with Gasteiger partial charge in [0.1, 0.15) is 6.61 Å². The number of aromatic hydroxyl groups is 1. The van der Waals surface area contributed by atoms with Gasteiger partial charge in [-0.25, -0.2) is 0 Å². The lowest BCUT2D eigenvalue weighted by molar-refractivity contribution is -0.384. The van der Waals surface area contributed by atoms with Crippen molar-refractivity contribution in [3.63, 3.8) is 0 Å². The van der Waals surface area contributed by atoms with Crippen LogP contribution in [0.25, 0.3) is 0 Å². The fourth-order valence-corrected chi connectivity index (χ4v) is 3.30. The first-order valence-electron chi connectivity index (χ1n) is 8.61. The molecule has 142 valence electrons. The summed E-state index contributed by atoms with van der Waals surface area (Å²) in [6.07, 6.45) is 1.56. The van der Waals surface area contributed by atoms with Crippen LogP contribution in [-0.2, 0) is 17.9 Å². The molecular formula is C20H22N2O5. The third kappa shape index (κ3) is 4.19. The lowest BCUT2D eigenvalue weighted by Crippen LogP contribution is -2.27. The standard InChI is InChI=1S/C20H22N2O5/c1-20(2)10-14-8-19(26-3)18(23)9-16(14)17(11-20)21-27-12-13-4-6-15(7-5-13)22(24)25/h4-9,23H,10-12H2,1-3H3/b21-17+. The van der Waals surface area contributed by atoms with E-state index in [4.69, 9.17) is 9.57 Å². The van der Waals surface area contributed by atoms with Gasteiger partial charge in [0, 0.05) is 17.7 Å². The Kier molecular flexibility index (Phi) is 5.03. The van der Waals surface area contributed by atoms with Gasteiger partial charge < -0.3 is 14.7 Å². The Morgan fingerprint density at radius 2 is 1.93 bits per heavy atom. The van der Waals surface area contributed by atoms with Crippen molar-refractivity contribution in [2.75, 3.05) is 7.11 Å². The average molecular weight is 370 g/mol. The largest absolute Gasteiger partial charge is 0.504 e. The molecule has 1 aliphatic rings. The van der Waals surface area contributed by atoms with Gasteiger partial charge in [0.05, 0.1) is 17.7 Å². The van der Waals surface area contributed by atoms with Crippen molar-refractivity contribution in [2.24, 2.45) is 10.6 Å². The Balaban J connectivity index is 1.81. The van der Waals surface area contributed by atoms with Crippen molar-refractivity contribution in [3.8, 4) is 11.5 Å². The molecule has 2 aromatic carbocycles. The van der Waals surface area contributed by atoms with Gasteiger partial charge in [0.2, 0.25) is 0 Å². The molecule has 0 aromatic heterocycles. The summed E-state index contributed by atoms with van der Waals surface area (Å²) < 4.78 is 5.21. The van der Waals surface area contributed by atoms with E-state index < -0.39 is 4.92 Å². The highest BCUT2D eigenvalue weighted by Gasteiger charge is 2.31. The summed E-state index contributed by atoms with van der Waals surface area (Å²) in [5.74, 6) is 0.511. The highest BCUT2D eigenvalue weighted by molar-refractivity contribution is 6.03. The van der Waals surface area contributed by atoms with E-state index >= 15 is 0 Å². The van der Waals surface area contributed by atoms with Crippen molar-refractivity contribution >= 4 is 11.4 Å². The number of phenolic OH excluding ortho intramolecular Hbond substituents is 1. The third-order valence-electron chi connectivity index (χ3n) is 4.58. The number of benzene rings is 2. The zero-order valence-electron chi connectivity index (χ0n) is 15.6. The molecule has 2 aromatic rings. The molecule has 3 rings (SSSR count). The smallest absolute Gasteiger partial charge is 0.269 e. The molecule has 0 aliphatic heterocycles. The van der Waals surface area contributed by atoms with Crippen molar-refractivity contribution < 1.29 is 19.6 Å². The van der Waals surface area contributed by atoms with Crippen LogP contribution in [0.1, 0.15) is 37.0 Å². The predicted octanol–water partition coefficient (Wildman–Crippen LogP) is 4.20. The maximum atomic E-state index is 10.7. The number of hydrogen-bond donors (Lipinski definition) is 1. The molecule has 0 bridgehead atoms. The van der Waals surface area contributed by atoms with Gasteiger partial charge in [-0.1, -0.05) is 19.0 Å². The van der Waals surface area contributed by atoms with Gasteiger partial charge in [0.25, 0.3) is 5.69 Å². The number of non-ortho nitro benzene ring substituents is 1. The van der Waals surface area contributed by atoms with Gasteiger partial charge in [-0.2, -0.15) is 0 Å². The van der Waals surface area contributed by atoms with E-state index in [1.807, 2.05) is 6.07 Å². The van der Waals surface area contributed by atoms with E-state index in [-0.39, 0.29) is 23.5 Å². The normalized spacial score (nSPS) is 16.6. The van der Waals surface area contributed by atoms with Crippen LogP contribution < -0.4 is 4.74 Å². The molecule has 27 heavy (non-hydrogen) atoms. The van der Waals surface area contributed by atoms with Crippen molar-refractivity contribution in [2.45, 2.75) is 33.3 Å². The molecule has 0 radical (unpaired) electrons. The highest BCUT2D eigenvalue weighted by Crippen LogP contribution is 2.40. The number of hydrogen-bond acceptors (Lipinski definition) is 6. The van der Waals surface area contributed by atoms with Gasteiger partial charge in [-0.05, 0) is 53.6 Å². The average Bonchev–Trinajstić information content (AvgIpc) is 2.61. The van der Waals surface area contributed by atoms with E-state index in [1.165, 1.54) is 19.2 Å². The van der Waals surface area contributed by atoms with Crippen LogP contribution in [0.15, 0.2) is 41.6 Å². The van der Waals surface area contributed by atoms with Gasteiger partial charge in [-0.3, -0.25) is 10.1 Å². The summed E-state index contributed by atoms with van der Waals surface area (Å²) in [7, 11) is 1.53. The van der Waals surface area contributed by atoms with Crippen molar-refractivity contribution in [3.05, 3.63) is 63.2 Å². The number of fused-ring (bicyclic) bond motifs is 1. The fourth-order valence-electron chi connectivity index (χ4n) is 3.30. The lowest BCUT2D eigenvalue weighted by Gasteiger charge is -2.32. The fraction of sp³-hybridized carbons (Fsp3) is 0.350. The van der Waals surface area contributed by atoms with Gasteiger partial charge >= 0.3 is 0 Å². The molecule has 0 saturated carbocycles. The molecule has 7 heteroatoms. The van der Waals surface area contributed by atoms with Gasteiger partial charge in [-0.15, -0.1) is 0 Å². The first-order chi connectivity index (χ1) is 12.8. The van der Waals surface area contributed by atoms with Gasteiger partial charge in [0.15, 0.2) is 11.5 Å². The lowest BCUT2D eigenvalue weighted by atomic mass is 9.73. The minimum atomic E-state index is -0.438. The number of oxime groups is 1. The summed E-state index contributed by atoms with van der Waals surface area (Å²) in [5.41, 5.74) is 3.51. The Morgan fingerprint density at radius 1 is 1.22 bits per heavy atom. The molecule has 7 nitrogen and oxygen atoms in total. The SMILES string of the molecule is COc1cc2c(cc1O)/C(=N/OCc1ccc([N+](=O)[O-])cc1)CC(C)(C)C2. The molecular weight excluding hydrogens is 348 g/mol. The van der Waals surface area contributed by atoms with Crippen LogP contribution in [0.3, 0.4) is 0 Å². The van der Waals surface area contributed by atoms with Crippen LogP contribution in [-0.4, -0.2) is 22.9 Å². The van der Waals surface area contributed by atoms with Crippen molar-refractivity contribution in [1.82, 2.24) is 0 Å². The second kappa shape index (κ2) is 7.26. The van der Waals surface area contributed by atoms with E-state index in [9.17, 15) is 15.2 Å². The maximum absolute atomic E-state index is 10.7. The number of nitrogens with zero attached hydrogens (tertiary/aromatic N) is 2. The number of nitro groups is 1. The van der Waals surface area contributed by atoms with Crippen LogP contribution in [0.4, 0.5) is 5.69 Å². The maximum Gasteiger partial charge on any atom is 0.269 e. The van der Waals surface area contributed by atoms with E-state index in [0.717, 1.165) is 28.8 Å². The molecule has 1 N–H and O–H groups in total. The van der Waals surface area contributed by atoms with Crippen LogP contribution >= 0.6 is 0 Å². The second-order valence-corrected chi connectivity index (χ2v) is 7.43. The minimum Gasteiger partial charge on any atom is -0.504 e. The number of methoxy groups -OCH3 is 1. The second-order valence-electron chi connectivity index (χ2n) is 7.43. The zero-order chi connectivity index (χ0) is 19.6. The topological polar surface area (TPSA) is 94.2 Å². The number of phenols is 1. The summed E-state index contributed by atoms with van der Waals surface area (Å²) in [4.78, 5) is 15.8. The number of nitro benzene ring substituents is 1. The Hall–Kier alpha value is -3.09. The number of ether oxygens (including phenoxy) is 1. The van der Waals surface area contributed by atoms with Crippen LogP contribution in [0, 0.1) is 15.5 Å². The molecule has 0 heterocycles. The molecule has 0 spiro atoms. The Labute approximate surface area is 157 Å². The summed E-state index contributed by atoms with van der Waals surface area (Å²) in [6, 6.07) is 9.68. The van der Waals surface area contributed by atoms with E-state index in [1.54, 1.807) is 18.2 Å². The quantitative estimate of drug-likeness (QED) is 0.629. The molecule has 0 saturated heterocycles. The van der Waals surface area contributed by atoms with Crippen LogP contribution in [0.2, 0.25) is 0 Å². The summed E-state index contributed by atoms with van der Waals surface area (Å²) in [6.45, 7) is 4.52. The molecule has 0 atom stereocenters. The van der Waals surface area contributed by atoms with Crippen LogP contribution in [0.5, 0.6) is 11.5 Å². The summed E-state index contributed by atoms with van der Waals surface area (Å²) >= 11 is 0. The van der Waals surface area contributed by atoms with E-state index in [2.05, 4.69) is 19.0 Å². The monoisotopic (exact) mass is 370 g/mol. The first-order valence-corrected chi connectivity index (χ1v) is 8.61. The number of rotatable bonds is 5. The minimum absolute atomic E-state index is 0.00450. The molecule has 0 amide bonds. The zero-order valence-corrected chi connectivity index (χ0v) is 15.6. The molecule has 0 fully saturated rings. The molecule has 0 unspecified atom stereocenters. The Bertz CT molecular complexity index is 888. The highest BCUT2D eigenvalue weighted by atomic mass is 16.6. The third-order valence-corrected chi connectivity index (χ3v) is 4.58. The van der Waals surface area contributed by atoms with Crippen molar-refractivity contribution in [1.29, 1.82) is 0 Å². The Morgan fingerprint density at radius 3 is 2.56 bits per heavy atom. The van der Waals surface area contributed by atoms with E-state index in [0.29, 0.717) is 12.2 Å². The first kappa shape index (κ1) is 18.7.